The van der Waals surface area contributed by atoms with Crippen molar-refractivity contribution in [2.45, 2.75) is 32.7 Å². The van der Waals surface area contributed by atoms with Crippen LogP contribution in [0.4, 0.5) is 5.69 Å². The molecule has 2 aromatic carbocycles. The van der Waals surface area contributed by atoms with Crippen molar-refractivity contribution in [2.75, 3.05) is 18.0 Å². The highest BCUT2D eigenvalue weighted by Crippen LogP contribution is 2.20. The summed E-state index contributed by atoms with van der Waals surface area (Å²) in [5.74, 6) is 0.452. The predicted octanol–water partition coefficient (Wildman–Crippen LogP) is 3.87. The highest BCUT2D eigenvalue weighted by molar-refractivity contribution is 6.04. The first-order chi connectivity index (χ1) is 12.6. The number of hydrogen-bond acceptors (Lipinski definition) is 2. The van der Waals surface area contributed by atoms with Gasteiger partial charge in [-0.3, -0.25) is 9.59 Å². The molecule has 0 N–H and O–H groups in total. The number of nitrogens with zero attached hydrogens (tertiary/aromatic N) is 2. The molecule has 136 valence electrons. The normalized spacial score (nSPS) is 14.9. The van der Waals surface area contributed by atoms with E-state index in [-0.39, 0.29) is 18.2 Å². The third-order valence-electron chi connectivity index (χ3n) is 4.99. The lowest BCUT2D eigenvalue weighted by molar-refractivity contribution is -0.136. The minimum Gasteiger partial charge on any atom is -0.342 e. The van der Waals surface area contributed by atoms with Crippen LogP contribution >= 0.6 is 0 Å². The average molecular weight is 350 g/mol. The summed E-state index contributed by atoms with van der Waals surface area (Å²) >= 11 is 0. The molecule has 2 aromatic rings. The Bertz CT molecular complexity index is 722. The van der Waals surface area contributed by atoms with Crippen molar-refractivity contribution in [1.29, 1.82) is 0 Å². The van der Waals surface area contributed by atoms with Gasteiger partial charge in [0.15, 0.2) is 0 Å². The van der Waals surface area contributed by atoms with Crippen molar-refractivity contribution in [3.05, 3.63) is 66.2 Å². The van der Waals surface area contributed by atoms with Crippen LogP contribution in [0, 0.1) is 5.92 Å². The topological polar surface area (TPSA) is 40.6 Å². The maximum Gasteiger partial charge on any atom is 0.236 e. The molecule has 4 nitrogen and oxygen atoms in total. The van der Waals surface area contributed by atoms with Gasteiger partial charge in [0.05, 0.1) is 6.54 Å². The fraction of sp³-hybridized carbons (Fsp3) is 0.364. The third kappa shape index (κ3) is 4.72. The number of para-hydroxylation sites is 1. The van der Waals surface area contributed by atoms with E-state index in [9.17, 15) is 9.59 Å². The first kappa shape index (κ1) is 18.2. The van der Waals surface area contributed by atoms with Crippen molar-refractivity contribution in [3.63, 3.8) is 0 Å². The second-order valence-corrected chi connectivity index (χ2v) is 7.04. The van der Waals surface area contributed by atoms with Crippen molar-refractivity contribution in [1.82, 2.24) is 4.90 Å². The molecule has 3 rings (SSSR count). The summed E-state index contributed by atoms with van der Waals surface area (Å²) in [6.45, 7) is 4.20. The second kappa shape index (κ2) is 8.65. The standard InChI is InChI=1S/C22H26N2O2/c1-18-12-14-23(15-13-18)21(25)16-22(26)24(20-10-6-3-7-11-20)17-19-8-4-2-5-9-19/h2-11,18H,12-17H2,1H3. The molecule has 0 aliphatic carbocycles. The molecule has 0 spiro atoms. The number of carbonyl (C=O) groups excluding carboxylic acids is 2. The number of carbonyl (C=O) groups is 2. The first-order valence-electron chi connectivity index (χ1n) is 9.30. The highest BCUT2D eigenvalue weighted by Gasteiger charge is 2.25. The van der Waals surface area contributed by atoms with Crippen LogP contribution in [0.2, 0.25) is 0 Å². The predicted molar refractivity (Wildman–Crippen MR) is 104 cm³/mol. The fourth-order valence-electron chi connectivity index (χ4n) is 3.29. The van der Waals surface area contributed by atoms with E-state index in [0.717, 1.165) is 37.2 Å². The molecule has 4 heteroatoms. The zero-order valence-electron chi connectivity index (χ0n) is 15.3. The quantitative estimate of drug-likeness (QED) is 0.768. The van der Waals surface area contributed by atoms with Crippen LogP contribution < -0.4 is 4.90 Å². The summed E-state index contributed by atoms with van der Waals surface area (Å²) in [6.07, 6.45) is 1.97. The van der Waals surface area contributed by atoms with Gasteiger partial charge in [0.25, 0.3) is 0 Å². The zero-order chi connectivity index (χ0) is 18.4. The smallest absolute Gasteiger partial charge is 0.236 e. The number of amides is 2. The number of likely N-dealkylation sites (tertiary alicyclic amines) is 1. The van der Waals surface area contributed by atoms with Crippen molar-refractivity contribution in [3.8, 4) is 0 Å². The maximum absolute atomic E-state index is 12.9. The molecule has 0 saturated carbocycles. The summed E-state index contributed by atoms with van der Waals surface area (Å²) in [6, 6.07) is 19.4. The van der Waals surface area contributed by atoms with Crippen molar-refractivity contribution in [2.24, 2.45) is 5.92 Å². The Kier molecular flexibility index (Phi) is 6.05. The van der Waals surface area contributed by atoms with Crippen molar-refractivity contribution < 1.29 is 9.59 Å². The summed E-state index contributed by atoms with van der Waals surface area (Å²) in [7, 11) is 0. The summed E-state index contributed by atoms with van der Waals surface area (Å²) in [4.78, 5) is 29.1. The molecule has 0 radical (unpaired) electrons. The van der Waals surface area contributed by atoms with E-state index in [1.54, 1.807) is 4.90 Å². The van der Waals surface area contributed by atoms with Crippen molar-refractivity contribution >= 4 is 17.5 Å². The molecule has 1 saturated heterocycles. The van der Waals surface area contributed by atoms with E-state index in [0.29, 0.717) is 12.5 Å². The zero-order valence-corrected chi connectivity index (χ0v) is 15.3. The van der Waals surface area contributed by atoms with Crippen LogP contribution in [0.3, 0.4) is 0 Å². The van der Waals surface area contributed by atoms with Crippen LogP contribution in [0.1, 0.15) is 31.7 Å². The fourth-order valence-corrected chi connectivity index (χ4v) is 3.29. The van der Waals surface area contributed by atoms with E-state index in [1.807, 2.05) is 65.6 Å². The molecular weight excluding hydrogens is 324 g/mol. The SMILES string of the molecule is CC1CCN(C(=O)CC(=O)N(Cc2ccccc2)c2ccccc2)CC1. The minimum atomic E-state index is -0.149. The first-order valence-corrected chi connectivity index (χ1v) is 9.30. The van der Waals surface area contributed by atoms with E-state index in [1.165, 1.54) is 0 Å². The average Bonchev–Trinajstić information content (AvgIpc) is 2.68. The molecule has 1 fully saturated rings. The molecule has 0 unspecified atom stereocenters. The lowest BCUT2D eigenvalue weighted by atomic mass is 9.99. The Labute approximate surface area is 155 Å². The van der Waals surface area contributed by atoms with Crippen LogP contribution in [0.15, 0.2) is 60.7 Å². The molecule has 0 aromatic heterocycles. The van der Waals surface area contributed by atoms with Gasteiger partial charge in [-0.05, 0) is 36.5 Å². The number of hydrogen-bond donors (Lipinski definition) is 0. The highest BCUT2D eigenvalue weighted by atomic mass is 16.2. The van der Waals surface area contributed by atoms with Gasteiger partial charge in [-0.25, -0.2) is 0 Å². The Hall–Kier alpha value is -2.62. The van der Waals surface area contributed by atoms with Crippen LogP contribution in [-0.2, 0) is 16.1 Å². The van der Waals surface area contributed by atoms with Gasteiger partial charge in [-0.1, -0.05) is 55.5 Å². The molecule has 0 atom stereocenters. The Morgan fingerprint density at radius 2 is 1.54 bits per heavy atom. The largest absolute Gasteiger partial charge is 0.342 e. The van der Waals surface area contributed by atoms with Crippen LogP contribution in [-0.4, -0.2) is 29.8 Å². The van der Waals surface area contributed by atoms with Crippen LogP contribution in [0.25, 0.3) is 0 Å². The number of anilines is 1. The number of benzene rings is 2. The molecule has 0 bridgehead atoms. The monoisotopic (exact) mass is 350 g/mol. The van der Waals surface area contributed by atoms with Gasteiger partial charge in [-0.2, -0.15) is 0 Å². The molecule has 26 heavy (non-hydrogen) atoms. The summed E-state index contributed by atoms with van der Waals surface area (Å²) in [5, 5.41) is 0. The van der Waals surface area contributed by atoms with E-state index in [4.69, 9.17) is 0 Å². The Balaban J connectivity index is 1.71. The summed E-state index contributed by atoms with van der Waals surface area (Å²) in [5.41, 5.74) is 1.87. The molecule has 1 heterocycles. The lowest BCUT2D eigenvalue weighted by Crippen LogP contribution is -2.41. The van der Waals surface area contributed by atoms with E-state index < -0.39 is 0 Å². The molecule has 1 aliphatic heterocycles. The van der Waals surface area contributed by atoms with Gasteiger partial charge in [0.2, 0.25) is 11.8 Å². The lowest BCUT2D eigenvalue weighted by Gasteiger charge is -2.31. The van der Waals surface area contributed by atoms with Gasteiger partial charge in [0.1, 0.15) is 6.42 Å². The van der Waals surface area contributed by atoms with Gasteiger partial charge < -0.3 is 9.80 Å². The third-order valence-corrected chi connectivity index (χ3v) is 4.99. The molecule has 1 aliphatic rings. The molecular formula is C22H26N2O2. The van der Waals surface area contributed by atoms with Gasteiger partial charge in [-0.15, -0.1) is 0 Å². The second-order valence-electron chi connectivity index (χ2n) is 7.04. The summed E-state index contributed by atoms with van der Waals surface area (Å²) < 4.78 is 0. The minimum absolute atomic E-state index is 0.0594. The maximum atomic E-state index is 12.9. The Morgan fingerprint density at radius 3 is 2.15 bits per heavy atom. The number of rotatable bonds is 5. The number of piperidine rings is 1. The van der Waals surface area contributed by atoms with Gasteiger partial charge >= 0.3 is 0 Å². The van der Waals surface area contributed by atoms with Crippen LogP contribution in [0.5, 0.6) is 0 Å². The Morgan fingerprint density at radius 1 is 0.962 bits per heavy atom. The van der Waals surface area contributed by atoms with E-state index >= 15 is 0 Å². The molecule has 2 amide bonds. The van der Waals surface area contributed by atoms with Gasteiger partial charge in [0, 0.05) is 18.8 Å². The van der Waals surface area contributed by atoms with E-state index in [2.05, 4.69) is 6.92 Å².